The maximum absolute atomic E-state index is 3.45. The van der Waals surface area contributed by atoms with Gasteiger partial charge in [0.15, 0.2) is 0 Å². The highest BCUT2D eigenvalue weighted by atomic mass is 15.3. The molecule has 0 saturated carbocycles. The van der Waals surface area contributed by atoms with Gasteiger partial charge < -0.3 is 4.48 Å². The topological polar surface area (TPSA) is 0 Å². The molecular formula is C23H26N+. The maximum atomic E-state index is 3.45. The molecule has 1 heterocycles. The van der Waals surface area contributed by atoms with Gasteiger partial charge in [0.05, 0.1) is 19.6 Å². The van der Waals surface area contributed by atoms with E-state index < -0.39 is 0 Å². The van der Waals surface area contributed by atoms with Crippen molar-refractivity contribution < 1.29 is 4.48 Å². The van der Waals surface area contributed by atoms with Crippen LogP contribution in [0.5, 0.6) is 0 Å². The van der Waals surface area contributed by atoms with Crippen molar-refractivity contribution >= 4 is 6.08 Å². The summed E-state index contributed by atoms with van der Waals surface area (Å²) in [5.41, 5.74) is 2.40. The first-order valence-corrected chi connectivity index (χ1v) is 8.97. The number of piperidine rings is 1. The summed E-state index contributed by atoms with van der Waals surface area (Å²) in [4.78, 5) is 0. The average molecular weight is 316 g/mol. The highest BCUT2D eigenvalue weighted by Crippen LogP contribution is 2.19. The summed E-state index contributed by atoms with van der Waals surface area (Å²) in [6.07, 6.45) is 8.61. The Morgan fingerprint density at radius 2 is 1.50 bits per heavy atom. The monoisotopic (exact) mass is 316 g/mol. The maximum Gasteiger partial charge on any atom is 0.141 e. The van der Waals surface area contributed by atoms with Gasteiger partial charge in [-0.3, -0.25) is 0 Å². The number of benzene rings is 2. The molecule has 0 unspecified atom stereocenters. The summed E-state index contributed by atoms with van der Waals surface area (Å²) in [6.45, 7) is 4.54. The van der Waals surface area contributed by atoms with E-state index in [1.54, 1.807) is 0 Å². The normalized spacial score (nSPS) is 16.5. The van der Waals surface area contributed by atoms with Crippen LogP contribution in [0.4, 0.5) is 0 Å². The fourth-order valence-electron chi connectivity index (χ4n) is 3.40. The molecule has 1 nitrogen and oxygen atoms in total. The van der Waals surface area contributed by atoms with E-state index in [-0.39, 0.29) is 0 Å². The zero-order valence-corrected chi connectivity index (χ0v) is 14.3. The minimum absolute atomic E-state index is 0.952. The standard InChI is InChI=1S/C23H26N/c1-4-12-22(13-5-1)16-10-20-24(18-8-3-9-19-24)21-11-17-23-14-6-2-7-15-23/h1-2,4-7,10,12-16H,3,8-9,18-21H2/q+1/b16-10+. The van der Waals surface area contributed by atoms with E-state index in [1.165, 1.54) is 37.9 Å². The molecule has 0 atom stereocenters. The first-order chi connectivity index (χ1) is 11.9. The van der Waals surface area contributed by atoms with Crippen molar-refractivity contribution in [2.45, 2.75) is 19.3 Å². The predicted molar refractivity (Wildman–Crippen MR) is 102 cm³/mol. The second-order valence-electron chi connectivity index (χ2n) is 6.67. The van der Waals surface area contributed by atoms with Gasteiger partial charge in [0.2, 0.25) is 0 Å². The van der Waals surface area contributed by atoms with Gasteiger partial charge in [-0.25, -0.2) is 0 Å². The molecule has 1 fully saturated rings. The van der Waals surface area contributed by atoms with Gasteiger partial charge in [-0.1, -0.05) is 60.5 Å². The Labute approximate surface area is 146 Å². The number of rotatable bonds is 4. The van der Waals surface area contributed by atoms with E-state index >= 15 is 0 Å². The zero-order valence-electron chi connectivity index (χ0n) is 14.3. The van der Waals surface area contributed by atoms with Gasteiger partial charge in [0, 0.05) is 5.56 Å². The van der Waals surface area contributed by atoms with Crippen molar-refractivity contribution in [2.75, 3.05) is 26.2 Å². The Morgan fingerprint density at radius 3 is 2.21 bits per heavy atom. The fourth-order valence-corrected chi connectivity index (χ4v) is 3.40. The third-order valence-electron chi connectivity index (χ3n) is 4.79. The van der Waals surface area contributed by atoms with Crippen LogP contribution in [0.2, 0.25) is 0 Å². The summed E-state index contributed by atoms with van der Waals surface area (Å²) in [5.74, 6) is 6.78. The molecule has 0 amide bonds. The lowest BCUT2D eigenvalue weighted by molar-refractivity contribution is -0.920. The minimum Gasteiger partial charge on any atom is -0.310 e. The van der Waals surface area contributed by atoms with Crippen LogP contribution in [0.15, 0.2) is 66.7 Å². The molecule has 0 bridgehead atoms. The van der Waals surface area contributed by atoms with Gasteiger partial charge in [-0.2, -0.15) is 0 Å². The van der Waals surface area contributed by atoms with Gasteiger partial charge >= 0.3 is 0 Å². The van der Waals surface area contributed by atoms with Crippen LogP contribution in [-0.4, -0.2) is 30.7 Å². The van der Waals surface area contributed by atoms with E-state index in [0.29, 0.717) is 0 Å². The summed E-state index contributed by atoms with van der Waals surface area (Å²) in [7, 11) is 0. The van der Waals surface area contributed by atoms with E-state index in [9.17, 15) is 0 Å². The average Bonchev–Trinajstić information content (AvgIpc) is 2.64. The summed E-state index contributed by atoms with van der Waals surface area (Å²) < 4.78 is 1.11. The van der Waals surface area contributed by atoms with Crippen LogP contribution < -0.4 is 0 Å². The number of quaternary nitrogens is 1. The number of hydrogen-bond acceptors (Lipinski definition) is 0. The van der Waals surface area contributed by atoms with Crippen molar-refractivity contribution in [3.05, 3.63) is 77.9 Å². The fraction of sp³-hybridized carbons (Fsp3) is 0.304. The Kier molecular flexibility index (Phi) is 5.88. The first kappa shape index (κ1) is 16.6. The molecule has 0 N–H and O–H groups in total. The number of nitrogens with zero attached hydrogens (tertiary/aromatic N) is 1. The lowest BCUT2D eigenvalue weighted by Gasteiger charge is -2.39. The number of hydrogen-bond donors (Lipinski definition) is 0. The summed E-state index contributed by atoms with van der Waals surface area (Å²) in [6, 6.07) is 20.9. The minimum atomic E-state index is 0.952. The Hall–Kier alpha value is -2.30. The van der Waals surface area contributed by atoms with Crippen molar-refractivity contribution in [1.29, 1.82) is 0 Å². The molecule has 122 valence electrons. The molecule has 1 aliphatic rings. The van der Waals surface area contributed by atoms with Crippen LogP contribution in [0.1, 0.15) is 30.4 Å². The molecule has 1 saturated heterocycles. The Bertz CT molecular complexity index is 698. The lowest BCUT2D eigenvalue weighted by Crippen LogP contribution is -2.51. The van der Waals surface area contributed by atoms with E-state index in [1.807, 2.05) is 6.07 Å². The SMILES string of the molecule is C(#Cc1ccccc1)C[N+]1(C/C=C/c2ccccc2)CCCCC1. The Morgan fingerprint density at radius 1 is 0.833 bits per heavy atom. The van der Waals surface area contributed by atoms with Crippen molar-refractivity contribution in [3.63, 3.8) is 0 Å². The van der Waals surface area contributed by atoms with E-state index in [0.717, 1.165) is 23.1 Å². The summed E-state index contributed by atoms with van der Waals surface area (Å²) >= 11 is 0. The molecule has 2 aromatic carbocycles. The smallest absolute Gasteiger partial charge is 0.141 e. The van der Waals surface area contributed by atoms with Gasteiger partial charge in [-0.15, -0.1) is 0 Å². The van der Waals surface area contributed by atoms with Crippen molar-refractivity contribution in [2.24, 2.45) is 0 Å². The van der Waals surface area contributed by atoms with Crippen LogP contribution in [0, 0.1) is 11.8 Å². The summed E-state index contributed by atoms with van der Waals surface area (Å²) in [5, 5.41) is 0. The predicted octanol–water partition coefficient (Wildman–Crippen LogP) is 4.75. The van der Waals surface area contributed by atoms with E-state index in [4.69, 9.17) is 0 Å². The van der Waals surface area contributed by atoms with Gasteiger partial charge in [-0.05, 0) is 49.0 Å². The third-order valence-corrected chi connectivity index (χ3v) is 4.79. The second kappa shape index (κ2) is 8.52. The van der Waals surface area contributed by atoms with Gasteiger partial charge in [0.25, 0.3) is 0 Å². The molecule has 0 radical (unpaired) electrons. The van der Waals surface area contributed by atoms with Crippen LogP contribution in [-0.2, 0) is 0 Å². The molecule has 3 rings (SSSR count). The van der Waals surface area contributed by atoms with Gasteiger partial charge in [0.1, 0.15) is 6.54 Å². The highest BCUT2D eigenvalue weighted by Gasteiger charge is 2.27. The zero-order chi connectivity index (χ0) is 16.5. The molecule has 0 aliphatic carbocycles. The van der Waals surface area contributed by atoms with Crippen LogP contribution in [0.3, 0.4) is 0 Å². The molecular weight excluding hydrogens is 290 g/mol. The highest BCUT2D eigenvalue weighted by molar-refractivity contribution is 5.48. The quantitative estimate of drug-likeness (QED) is 0.564. The molecule has 0 spiro atoms. The van der Waals surface area contributed by atoms with Crippen molar-refractivity contribution in [1.82, 2.24) is 0 Å². The van der Waals surface area contributed by atoms with E-state index in [2.05, 4.69) is 78.6 Å². The Balaban J connectivity index is 1.66. The van der Waals surface area contributed by atoms with Crippen molar-refractivity contribution in [3.8, 4) is 11.8 Å². The third kappa shape index (κ3) is 4.85. The molecule has 0 aromatic heterocycles. The molecule has 24 heavy (non-hydrogen) atoms. The van der Waals surface area contributed by atoms with Crippen LogP contribution in [0.25, 0.3) is 6.08 Å². The second-order valence-corrected chi connectivity index (χ2v) is 6.67. The first-order valence-electron chi connectivity index (χ1n) is 8.97. The molecule has 2 aromatic rings. The molecule has 1 aliphatic heterocycles. The largest absolute Gasteiger partial charge is 0.310 e. The molecule has 1 heteroatoms. The van der Waals surface area contributed by atoms with Crippen LogP contribution >= 0.6 is 0 Å². The lowest BCUT2D eigenvalue weighted by atomic mass is 10.1. The number of likely N-dealkylation sites (tertiary alicyclic amines) is 1.